The van der Waals surface area contributed by atoms with Crippen LogP contribution in [0.5, 0.6) is 0 Å². The number of pyridine rings is 1. The highest BCUT2D eigenvalue weighted by molar-refractivity contribution is 5.82. The van der Waals surface area contributed by atoms with Crippen LogP contribution in [0.1, 0.15) is 30.1 Å². The zero-order valence-electron chi connectivity index (χ0n) is 16.8. The van der Waals surface area contributed by atoms with Crippen LogP contribution in [0.3, 0.4) is 0 Å². The number of para-hydroxylation sites is 1. The summed E-state index contributed by atoms with van der Waals surface area (Å²) in [6, 6.07) is 21.2. The SMILES string of the molecule is C=C[C@H]1C[N@@+]2(Cc3ccccc3)CCC1CC2[C@@H](O)c1ccnc2ccccc12. The van der Waals surface area contributed by atoms with Gasteiger partial charge in [-0.05, 0) is 23.6 Å². The van der Waals surface area contributed by atoms with Crippen LogP contribution in [-0.4, -0.2) is 33.7 Å². The van der Waals surface area contributed by atoms with Gasteiger partial charge in [-0.3, -0.25) is 4.98 Å². The number of aromatic nitrogens is 1. The van der Waals surface area contributed by atoms with Gasteiger partial charge in [-0.15, -0.1) is 6.58 Å². The van der Waals surface area contributed by atoms with Crippen molar-refractivity contribution in [2.75, 3.05) is 13.1 Å². The Balaban J connectivity index is 1.56. The van der Waals surface area contributed by atoms with Crippen molar-refractivity contribution in [1.29, 1.82) is 0 Å². The number of benzene rings is 2. The van der Waals surface area contributed by atoms with Crippen LogP contribution in [-0.2, 0) is 6.54 Å². The number of hydrogen-bond acceptors (Lipinski definition) is 2. The van der Waals surface area contributed by atoms with E-state index >= 15 is 0 Å². The topological polar surface area (TPSA) is 33.1 Å². The molecule has 0 spiro atoms. The molecule has 3 aliphatic heterocycles. The van der Waals surface area contributed by atoms with E-state index in [4.69, 9.17) is 0 Å². The molecule has 1 N–H and O–H groups in total. The van der Waals surface area contributed by atoms with Gasteiger partial charge in [0.15, 0.2) is 0 Å². The van der Waals surface area contributed by atoms with Crippen LogP contribution in [0.15, 0.2) is 79.5 Å². The van der Waals surface area contributed by atoms with Gasteiger partial charge in [0, 0.05) is 35.9 Å². The van der Waals surface area contributed by atoms with Crippen molar-refractivity contribution in [2.24, 2.45) is 11.8 Å². The normalized spacial score (nSPS) is 29.6. The maximum atomic E-state index is 11.7. The third-order valence-corrected chi connectivity index (χ3v) is 7.38. The maximum Gasteiger partial charge on any atom is 0.131 e. The number of aliphatic hydroxyl groups is 1. The third kappa shape index (κ3) is 3.19. The molecule has 0 radical (unpaired) electrons. The summed E-state index contributed by atoms with van der Waals surface area (Å²) in [7, 11) is 0. The Labute approximate surface area is 172 Å². The van der Waals surface area contributed by atoms with Gasteiger partial charge in [0.2, 0.25) is 0 Å². The fourth-order valence-electron chi connectivity index (χ4n) is 5.91. The molecule has 0 amide bonds. The Morgan fingerprint density at radius 1 is 1.10 bits per heavy atom. The molecule has 148 valence electrons. The lowest BCUT2D eigenvalue weighted by Crippen LogP contribution is -2.67. The van der Waals surface area contributed by atoms with Crippen molar-refractivity contribution in [3.8, 4) is 0 Å². The molecule has 5 atom stereocenters. The molecule has 3 fully saturated rings. The first kappa shape index (κ1) is 18.5. The van der Waals surface area contributed by atoms with Crippen LogP contribution in [0, 0.1) is 11.8 Å². The van der Waals surface area contributed by atoms with E-state index in [1.807, 2.05) is 30.5 Å². The molecule has 2 unspecified atom stereocenters. The van der Waals surface area contributed by atoms with Crippen molar-refractivity contribution in [3.05, 3.63) is 90.6 Å². The van der Waals surface area contributed by atoms with Crippen LogP contribution < -0.4 is 0 Å². The number of hydrogen-bond donors (Lipinski definition) is 1. The van der Waals surface area contributed by atoms with Crippen LogP contribution in [0.2, 0.25) is 0 Å². The second-order valence-electron chi connectivity index (χ2n) is 8.88. The number of piperidine rings is 3. The Morgan fingerprint density at radius 2 is 1.90 bits per heavy atom. The van der Waals surface area contributed by atoms with Crippen molar-refractivity contribution in [2.45, 2.75) is 31.5 Å². The lowest BCUT2D eigenvalue weighted by molar-refractivity contribution is -0.984. The van der Waals surface area contributed by atoms with E-state index in [9.17, 15) is 5.11 Å². The van der Waals surface area contributed by atoms with Crippen molar-refractivity contribution >= 4 is 10.9 Å². The van der Waals surface area contributed by atoms with Gasteiger partial charge < -0.3 is 9.59 Å². The zero-order chi connectivity index (χ0) is 19.8. The van der Waals surface area contributed by atoms with Crippen LogP contribution in [0.25, 0.3) is 10.9 Å². The van der Waals surface area contributed by atoms with Gasteiger partial charge in [0.25, 0.3) is 0 Å². The van der Waals surface area contributed by atoms with E-state index in [0.29, 0.717) is 11.8 Å². The fraction of sp³-hybridized carbons (Fsp3) is 0.346. The average Bonchev–Trinajstić information content (AvgIpc) is 2.78. The molecule has 3 aliphatic rings. The summed E-state index contributed by atoms with van der Waals surface area (Å²) in [6.07, 6.45) is 5.79. The predicted octanol–water partition coefficient (Wildman–Crippen LogP) is 4.88. The lowest BCUT2D eigenvalue weighted by Gasteiger charge is -2.58. The Bertz CT molecular complexity index is 1010. The van der Waals surface area contributed by atoms with Crippen molar-refractivity contribution < 1.29 is 9.59 Å². The Kier molecular flexibility index (Phi) is 4.73. The molecule has 3 nitrogen and oxygen atoms in total. The molecule has 3 heteroatoms. The molecule has 4 heterocycles. The molecule has 3 aromatic rings. The predicted molar refractivity (Wildman–Crippen MR) is 117 cm³/mol. The number of nitrogens with zero attached hydrogens (tertiary/aromatic N) is 2. The van der Waals surface area contributed by atoms with Gasteiger partial charge >= 0.3 is 0 Å². The molecule has 0 saturated carbocycles. The number of aliphatic hydroxyl groups excluding tert-OH is 1. The van der Waals surface area contributed by atoms with Crippen molar-refractivity contribution in [1.82, 2.24) is 4.98 Å². The van der Waals surface area contributed by atoms with E-state index in [-0.39, 0.29) is 6.04 Å². The monoisotopic (exact) mass is 385 g/mol. The molecule has 2 aromatic carbocycles. The van der Waals surface area contributed by atoms with E-state index in [1.165, 1.54) is 12.0 Å². The van der Waals surface area contributed by atoms with Crippen LogP contribution >= 0.6 is 0 Å². The largest absolute Gasteiger partial charge is 0.382 e. The molecular weight excluding hydrogens is 356 g/mol. The quantitative estimate of drug-likeness (QED) is 0.502. The summed E-state index contributed by atoms with van der Waals surface area (Å²) in [6.45, 7) is 7.32. The highest BCUT2D eigenvalue weighted by Gasteiger charge is 2.53. The summed E-state index contributed by atoms with van der Waals surface area (Å²) >= 11 is 0. The van der Waals surface area contributed by atoms with E-state index in [2.05, 4.69) is 54.0 Å². The smallest absolute Gasteiger partial charge is 0.131 e. The molecule has 6 rings (SSSR count). The Hall–Kier alpha value is -2.49. The summed E-state index contributed by atoms with van der Waals surface area (Å²) < 4.78 is 0.953. The van der Waals surface area contributed by atoms with E-state index in [0.717, 1.165) is 47.0 Å². The highest BCUT2D eigenvalue weighted by atomic mass is 16.3. The molecule has 29 heavy (non-hydrogen) atoms. The first-order valence-electron chi connectivity index (χ1n) is 10.7. The fourth-order valence-corrected chi connectivity index (χ4v) is 5.91. The molecule has 2 bridgehead atoms. The van der Waals surface area contributed by atoms with Crippen LogP contribution in [0.4, 0.5) is 0 Å². The molecular formula is C26H29N2O+. The second-order valence-corrected chi connectivity index (χ2v) is 8.88. The van der Waals surface area contributed by atoms with Gasteiger partial charge in [-0.25, -0.2) is 0 Å². The minimum atomic E-state index is -0.486. The molecule has 3 saturated heterocycles. The molecule has 1 aromatic heterocycles. The van der Waals surface area contributed by atoms with Gasteiger partial charge in [0.05, 0.1) is 18.6 Å². The summed E-state index contributed by atoms with van der Waals surface area (Å²) in [4.78, 5) is 4.50. The van der Waals surface area contributed by atoms with E-state index in [1.54, 1.807) is 0 Å². The second kappa shape index (κ2) is 7.40. The highest BCUT2D eigenvalue weighted by Crippen LogP contribution is 2.47. The van der Waals surface area contributed by atoms with Gasteiger partial charge in [0.1, 0.15) is 18.7 Å². The number of quaternary nitrogens is 1. The summed E-state index contributed by atoms with van der Waals surface area (Å²) in [5.74, 6) is 1.18. The average molecular weight is 386 g/mol. The van der Waals surface area contributed by atoms with Crippen molar-refractivity contribution in [3.63, 3.8) is 0 Å². The summed E-state index contributed by atoms with van der Waals surface area (Å²) in [5, 5.41) is 12.8. The zero-order valence-corrected chi connectivity index (χ0v) is 16.8. The molecule has 0 aliphatic carbocycles. The van der Waals surface area contributed by atoms with Gasteiger partial charge in [-0.2, -0.15) is 0 Å². The maximum absolute atomic E-state index is 11.7. The third-order valence-electron chi connectivity index (χ3n) is 7.38. The lowest BCUT2D eigenvalue weighted by atomic mass is 9.71. The number of rotatable bonds is 5. The Morgan fingerprint density at radius 3 is 2.72 bits per heavy atom. The van der Waals surface area contributed by atoms with E-state index < -0.39 is 6.10 Å². The minimum Gasteiger partial charge on any atom is -0.382 e. The van der Waals surface area contributed by atoms with Gasteiger partial charge in [-0.1, -0.05) is 54.6 Å². The first-order valence-corrected chi connectivity index (χ1v) is 10.7. The number of fused-ring (bicyclic) bond motifs is 4. The first-order chi connectivity index (χ1) is 14.2. The summed E-state index contributed by atoms with van der Waals surface area (Å²) in [5.41, 5.74) is 3.33. The minimum absolute atomic E-state index is 0.205. The standard InChI is InChI=1S/C26H29N2O/c1-2-20-18-28(17-19-8-4-3-5-9-19)15-13-21(20)16-25(28)26(29)23-12-14-27-24-11-7-6-10-22(23)24/h2-12,14,20-21,25-26,29H,1,13,15-18H2/q+1/t20-,21?,25?,26-,28-/m0/s1.